The van der Waals surface area contributed by atoms with Crippen LogP contribution in [0.25, 0.3) is 0 Å². The molecule has 0 aliphatic rings. The van der Waals surface area contributed by atoms with Crippen molar-refractivity contribution in [3.8, 4) is 0 Å². The molecule has 0 aromatic heterocycles. The number of guanidine groups is 1. The van der Waals surface area contributed by atoms with E-state index >= 15 is 0 Å². The topological polar surface area (TPSA) is 59.9 Å². The van der Waals surface area contributed by atoms with Crippen LogP contribution >= 0.6 is 0 Å². The summed E-state index contributed by atoms with van der Waals surface area (Å²) < 4.78 is 0. The van der Waals surface area contributed by atoms with Gasteiger partial charge >= 0.3 is 0 Å². The number of aliphatic imine (C=N–C) groups is 1. The lowest BCUT2D eigenvalue weighted by Gasteiger charge is -2.15. The van der Waals surface area contributed by atoms with Gasteiger partial charge in [0.25, 0.3) is 0 Å². The van der Waals surface area contributed by atoms with Crippen LogP contribution in [-0.2, 0) is 0 Å². The van der Waals surface area contributed by atoms with Crippen molar-refractivity contribution >= 4 is 5.96 Å². The minimum Gasteiger partial charge on any atom is -0.396 e. The zero-order valence-electron chi connectivity index (χ0n) is 16.6. The molecule has 0 heterocycles. The third-order valence-electron chi connectivity index (χ3n) is 4.16. The van der Waals surface area contributed by atoms with E-state index in [9.17, 15) is 0 Å². The van der Waals surface area contributed by atoms with Gasteiger partial charge < -0.3 is 20.6 Å². The van der Waals surface area contributed by atoms with Crippen LogP contribution in [0.1, 0.15) is 65.2 Å². The SMILES string of the molecule is CCCC(CCO)CN=C(NCC)NCCCCCCCN(C)C. The van der Waals surface area contributed by atoms with Crippen LogP contribution in [0.2, 0.25) is 0 Å². The quantitative estimate of drug-likeness (QED) is 0.243. The van der Waals surface area contributed by atoms with Gasteiger partial charge in [-0.2, -0.15) is 0 Å². The van der Waals surface area contributed by atoms with Crippen LogP contribution in [0.5, 0.6) is 0 Å². The van der Waals surface area contributed by atoms with Gasteiger partial charge in [-0.3, -0.25) is 4.99 Å². The van der Waals surface area contributed by atoms with Crippen LogP contribution < -0.4 is 10.6 Å². The Morgan fingerprint density at radius 3 is 2.33 bits per heavy atom. The predicted octanol–water partition coefficient (Wildman–Crippen LogP) is 2.85. The number of aliphatic hydroxyl groups is 1. The van der Waals surface area contributed by atoms with Gasteiger partial charge in [0, 0.05) is 26.2 Å². The minimum absolute atomic E-state index is 0.262. The van der Waals surface area contributed by atoms with E-state index in [1.165, 1.54) is 38.6 Å². The first-order valence-corrected chi connectivity index (χ1v) is 9.91. The molecule has 0 amide bonds. The van der Waals surface area contributed by atoms with Gasteiger partial charge in [0.05, 0.1) is 0 Å². The number of hydrogen-bond donors (Lipinski definition) is 3. The van der Waals surface area contributed by atoms with Crippen LogP contribution in [0, 0.1) is 5.92 Å². The summed E-state index contributed by atoms with van der Waals surface area (Å²) in [7, 11) is 4.27. The van der Waals surface area contributed by atoms with Gasteiger partial charge in [-0.1, -0.05) is 32.6 Å². The molecule has 0 spiro atoms. The van der Waals surface area contributed by atoms with Gasteiger partial charge in [0.1, 0.15) is 0 Å². The van der Waals surface area contributed by atoms with Gasteiger partial charge in [-0.15, -0.1) is 0 Å². The number of rotatable bonds is 15. The first-order valence-electron chi connectivity index (χ1n) is 9.91. The average molecular weight is 343 g/mol. The maximum absolute atomic E-state index is 9.14. The minimum atomic E-state index is 0.262. The van der Waals surface area contributed by atoms with E-state index in [2.05, 4.69) is 43.5 Å². The largest absolute Gasteiger partial charge is 0.396 e. The molecule has 5 nitrogen and oxygen atoms in total. The maximum Gasteiger partial charge on any atom is 0.191 e. The Bertz CT molecular complexity index is 289. The molecule has 0 aliphatic heterocycles. The maximum atomic E-state index is 9.14. The highest BCUT2D eigenvalue weighted by Gasteiger charge is 2.07. The summed E-state index contributed by atoms with van der Waals surface area (Å²) in [5, 5.41) is 15.9. The molecule has 0 bridgehead atoms. The lowest BCUT2D eigenvalue weighted by Crippen LogP contribution is -2.38. The van der Waals surface area contributed by atoms with Crippen molar-refractivity contribution in [2.45, 2.75) is 65.2 Å². The summed E-state index contributed by atoms with van der Waals surface area (Å²) in [6, 6.07) is 0. The second-order valence-electron chi connectivity index (χ2n) is 6.88. The number of unbranched alkanes of at least 4 members (excludes halogenated alkanes) is 4. The second-order valence-corrected chi connectivity index (χ2v) is 6.88. The molecular weight excluding hydrogens is 300 g/mol. The lowest BCUT2D eigenvalue weighted by atomic mass is 10.0. The van der Waals surface area contributed by atoms with E-state index in [0.717, 1.165) is 44.9 Å². The molecule has 0 saturated heterocycles. The van der Waals surface area contributed by atoms with E-state index in [1.807, 2.05) is 0 Å². The molecule has 1 unspecified atom stereocenters. The van der Waals surface area contributed by atoms with Crippen molar-refractivity contribution in [1.29, 1.82) is 0 Å². The van der Waals surface area contributed by atoms with E-state index < -0.39 is 0 Å². The summed E-state index contributed by atoms with van der Waals surface area (Å²) in [5.74, 6) is 1.41. The number of aliphatic hydroxyl groups excluding tert-OH is 1. The Morgan fingerprint density at radius 2 is 1.71 bits per heavy atom. The van der Waals surface area contributed by atoms with Crippen molar-refractivity contribution in [2.75, 3.05) is 46.9 Å². The highest BCUT2D eigenvalue weighted by atomic mass is 16.3. The number of nitrogens with zero attached hydrogens (tertiary/aromatic N) is 2. The zero-order chi connectivity index (χ0) is 18.0. The zero-order valence-corrected chi connectivity index (χ0v) is 16.6. The Hall–Kier alpha value is -0.810. The molecule has 3 N–H and O–H groups in total. The molecule has 0 fully saturated rings. The van der Waals surface area contributed by atoms with E-state index in [1.54, 1.807) is 0 Å². The molecule has 0 aromatic rings. The number of nitrogens with one attached hydrogen (secondary N) is 2. The fraction of sp³-hybridized carbons (Fsp3) is 0.947. The second kappa shape index (κ2) is 17.0. The standard InChI is InChI=1S/C19H42N4O/c1-5-12-18(13-16-24)17-22-19(20-6-2)21-14-10-8-7-9-11-15-23(3)4/h18,24H,5-17H2,1-4H3,(H2,20,21,22). The van der Waals surface area contributed by atoms with Crippen molar-refractivity contribution in [2.24, 2.45) is 10.9 Å². The monoisotopic (exact) mass is 342 g/mol. The van der Waals surface area contributed by atoms with Crippen molar-refractivity contribution in [1.82, 2.24) is 15.5 Å². The fourth-order valence-electron chi connectivity index (χ4n) is 2.77. The van der Waals surface area contributed by atoms with Crippen molar-refractivity contribution in [3.05, 3.63) is 0 Å². The Kier molecular flexibility index (Phi) is 16.5. The molecule has 0 rings (SSSR count). The van der Waals surface area contributed by atoms with Crippen molar-refractivity contribution in [3.63, 3.8) is 0 Å². The molecule has 0 aromatic carbocycles. The smallest absolute Gasteiger partial charge is 0.191 e. The molecule has 5 heteroatoms. The summed E-state index contributed by atoms with van der Waals surface area (Å²) in [6.45, 7) is 8.41. The van der Waals surface area contributed by atoms with Crippen LogP contribution in [0.15, 0.2) is 4.99 Å². The van der Waals surface area contributed by atoms with Crippen molar-refractivity contribution < 1.29 is 5.11 Å². The molecule has 144 valence electrons. The summed E-state index contributed by atoms with van der Waals surface area (Å²) >= 11 is 0. The average Bonchev–Trinajstić information content (AvgIpc) is 2.54. The first-order chi connectivity index (χ1) is 11.6. The highest BCUT2D eigenvalue weighted by molar-refractivity contribution is 5.79. The van der Waals surface area contributed by atoms with E-state index in [0.29, 0.717) is 5.92 Å². The molecular formula is C19H42N4O. The van der Waals surface area contributed by atoms with Crippen LogP contribution in [0.3, 0.4) is 0 Å². The molecule has 0 saturated carbocycles. The van der Waals surface area contributed by atoms with Crippen LogP contribution in [0.4, 0.5) is 0 Å². The van der Waals surface area contributed by atoms with Gasteiger partial charge in [-0.25, -0.2) is 0 Å². The van der Waals surface area contributed by atoms with Gasteiger partial charge in [0.15, 0.2) is 5.96 Å². The Morgan fingerprint density at radius 1 is 1.00 bits per heavy atom. The van der Waals surface area contributed by atoms with Gasteiger partial charge in [0.2, 0.25) is 0 Å². The summed E-state index contributed by atoms with van der Waals surface area (Å²) in [6.07, 6.45) is 9.56. The molecule has 0 aliphatic carbocycles. The first kappa shape index (κ1) is 23.2. The third-order valence-corrected chi connectivity index (χ3v) is 4.16. The molecule has 24 heavy (non-hydrogen) atoms. The van der Waals surface area contributed by atoms with Crippen LogP contribution in [-0.4, -0.2) is 62.8 Å². The third kappa shape index (κ3) is 14.8. The van der Waals surface area contributed by atoms with Gasteiger partial charge in [-0.05, 0) is 59.2 Å². The summed E-state index contributed by atoms with van der Waals surface area (Å²) in [4.78, 5) is 6.95. The molecule has 0 radical (unpaired) electrons. The molecule has 1 atom stereocenters. The lowest BCUT2D eigenvalue weighted by molar-refractivity contribution is 0.253. The Balaban J connectivity index is 3.91. The van der Waals surface area contributed by atoms with E-state index in [4.69, 9.17) is 10.1 Å². The summed E-state index contributed by atoms with van der Waals surface area (Å²) in [5.41, 5.74) is 0. The fourth-order valence-corrected chi connectivity index (χ4v) is 2.77. The number of hydrogen-bond acceptors (Lipinski definition) is 3. The van der Waals surface area contributed by atoms with E-state index in [-0.39, 0.29) is 6.61 Å². The highest BCUT2D eigenvalue weighted by Crippen LogP contribution is 2.11. The predicted molar refractivity (Wildman–Crippen MR) is 106 cm³/mol. The Labute approximate surface area is 150 Å². The normalized spacial score (nSPS) is 13.3.